The Labute approximate surface area is 289 Å². The Hall–Kier alpha value is -4.68. The summed E-state index contributed by atoms with van der Waals surface area (Å²) in [6.45, 7) is 2.48. The highest BCUT2D eigenvalue weighted by Gasteiger charge is 2.40. The van der Waals surface area contributed by atoms with E-state index in [4.69, 9.17) is 21.5 Å². The standard InChI is InChI=1S/C30H35ClF3N9O4.CH2O2/c1-40-23(21-16-43(19-3-4-19)39-24(21)30(32,33)34)15-36-25(40)26(44)38-18-2-5-20(22(31)14-18)27(45)41-10-12-42(13-11-41)28(46)37-17-29(47)6-8-35-9-7-29;2-1-3/h2,5,14-16,19,35,47H,3-4,6-13,17H2,1H3,(H,37,46)(H,38,44);1H,(H,2,3). The maximum absolute atomic E-state index is 13.8. The number of anilines is 1. The summed E-state index contributed by atoms with van der Waals surface area (Å²) in [5.74, 6) is -1.15. The van der Waals surface area contributed by atoms with E-state index < -0.39 is 23.4 Å². The lowest BCUT2D eigenvalue weighted by Gasteiger charge is -2.37. The normalized spacial score (nSPS) is 17.4. The number of imidazole rings is 1. The Kier molecular flexibility index (Phi) is 11.0. The number of carboxylic acid groups (broad SMARTS) is 1. The quantitative estimate of drug-likeness (QED) is 0.229. The molecule has 15 nitrogen and oxygen atoms in total. The largest absolute Gasteiger partial charge is 0.483 e. The number of hydrogen-bond acceptors (Lipinski definition) is 8. The van der Waals surface area contributed by atoms with E-state index in [2.05, 4.69) is 26.0 Å². The number of piperazine rings is 1. The van der Waals surface area contributed by atoms with Crippen LogP contribution in [0.4, 0.5) is 23.7 Å². The van der Waals surface area contributed by atoms with Crippen LogP contribution in [0.5, 0.6) is 0 Å². The topological polar surface area (TPSA) is 187 Å². The third-order valence-corrected chi connectivity index (χ3v) is 9.12. The van der Waals surface area contributed by atoms with Gasteiger partial charge in [-0.25, -0.2) is 9.78 Å². The van der Waals surface area contributed by atoms with Crippen molar-refractivity contribution in [3.8, 4) is 11.3 Å². The van der Waals surface area contributed by atoms with Crippen molar-refractivity contribution in [2.45, 2.75) is 43.5 Å². The van der Waals surface area contributed by atoms with E-state index in [1.54, 1.807) is 9.80 Å². The first-order chi connectivity index (χ1) is 23.7. The van der Waals surface area contributed by atoms with Gasteiger partial charge in [0.1, 0.15) is 0 Å². The molecule has 1 saturated carbocycles. The first-order valence-corrected chi connectivity index (χ1v) is 16.2. The average Bonchev–Trinajstić information content (AvgIpc) is 3.71. The molecule has 19 heteroatoms. The summed E-state index contributed by atoms with van der Waals surface area (Å²) < 4.78 is 43.9. The Morgan fingerprint density at radius 1 is 1.12 bits per heavy atom. The number of hydrogen-bond donors (Lipinski definition) is 5. The lowest BCUT2D eigenvalue weighted by Crippen LogP contribution is -2.56. The number of carbonyl (C=O) groups is 4. The zero-order valence-electron chi connectivity index (χ0n) is 27.0. The summed E-state index contributed by atoms with van der Waals surface area (Å²) in [5.41, 5.74) is -1.57. The van der Waals surface area contributed by atoms with Crippen molar-refractivity contribution in [1.82, 2.24) is 39.8 Å². The maximum Gasteiger partial charge on any atom is 0.435 e. The van der Waals surface area contributed by atoms with E-state index in [0.29, 0.717) is 39.0 Å². The molecule has 0 bridgehead atoms. The van der Waals surface area contributed by atoms with Crippen molar-refractivity contribution in [2.24, 2.45) is 7.05 Å². The zero-order valence-corrected chi connectivity index (χ0v) is 27.8. The molecule has 0 unspecified atom stereocenters. The lowest BCUT2D eigenvalue weighted by molar-refractivity contribution is -0.141. The molecule has 0 spiro atoms. The number of nitrogens with one attached hydrogen (secondary N) is 3. The van der Waals surface area contributed by atoms with Crippen molar-refractivity contribution >= 4 is 41.6 Å². The minimum absolute atomic E-state index is 0.0684. The van der Waals surface area contributed by atoms with Crippen LogP contribution < -0.4 is 16.0 Å². The van der Waals surface area contributed by atoms with Crippen LogP contribution in [0.1, 0.15) is 58.4 Å². The number of benzene rings is 1. The molecule has 4 heterocycles. The Balaban J connectivity index is 0.00000156. The van der Waals surface area contributed by atoms with Gasteiger partial charge < -0.3 is 40.5 Å². The van der Waals surface area contributed by atoms with Crippen molar-refractivity contribution in [2.75, 3.05) is 51.1 Å². The first-order valence-electron chi connectivity index (χ1n) is 15.9. The van der Waals surface area contributed by atoms with Gasteiger partial charge in [0, 0.05) is 51.7 Å². The molecular weight excluding hydrogens is 687 g/mol. The number of aliphatic hydroxyl groups is 1. The fourth-order valence-corrected chi connectivity index (χ4v) is 6.10. The fourth-order valence-electron chi connectivity index (χ4n) is 5.84. The molecule has 270 valence electrons. The summed E-state index contributed by atoms with van der Waals surface area (Å²) in [6.07, 6.45) is 0.482. The highest BCUT2D eigenvalue weighted by atomic mass is 35.5. The second kappa shape index (κ2) is 15.1. The van der Waals surface area contributed by atoms with Gasteiger partial charge in [-0.1, -0.05) is 11.6 Å². The number of piperidine rings is 1. The van der Waals surface area contributed by atoms with Gasteiger partial charge in [0.2, 0.25) is 0 Å². The van der Waals surface area contributed by atoms with E-state index in [9.17, 15) is 32.7 Å². The number of nitrogens with zero attached hydrogens (tertiary/aromatic N) is 6. The molecule has 2 saturated heterocycles. The molecule has 2 aromatic heterocycles. The smallest absolute Gasteiger partial charge is 0.435 e. The van der Waals surface area contributed by atoms with Crippen LogP contribution in [0.3, 0.4) is 0 Å². The van der Waals surface area contributed by atoms with Gasteiger partial charge in [-0.05, 0) is 57.0 Å². The van der Waals surface area contributed by atoms with Gasteiger partial charge in [-0.2, -0.15) is 18.3 Å². The predicted molar refractivity (Wildman–Crippen MR) is 174 cm³/mol. The van der Waals surface area contributed by atoms with Crippen molar-refractivity contribution in [3.05, 3.63) is 52.7 Å². The number of aromatic nitrogens is 4. The molecule has 3 fully saturated rings. The minimum atomic E-state index is -4.68. The number of alkyl halides is 3. The Morgan fingerprint density at radius 2 is 1.76 bits per heavy atom. The predicted octanol–water partition coefficient (Wildman–Crippen LogP) is 2.83. The summed E-state index contributed by atoms with van der Waals surface area (Å²) in [4.78, 5) is 54.6. The van der Waals surface area contributed by atoms with E-state index in [0.717, 1.165) is 12.8 Å². The van der Waals surface area contributed by atoms with Gasteiger partial charge in [0.15, 0.2) is 11.5 Å². The molecule has 1 aromatic carbocycles. The van der Waals surface area contributed by atoms with Crippen molar-refractivity contribution in [1.29, 1.82) is 0 Å². The molecule has 3 aromatic rings. The number of amides is 4. The van der Waals surface area contributed by atoms with E-state index in [-0.39, 0.29) is 77.4 Å². The summed E-state index contributed by atoms with van der Waals surface area (Å²) in [5, 5.41) is 30.0. The molecule has 6 rings (SSSR count). The molecule has 2 aliphatic heterocycles. The van der Waals surface area contributed by atoms with Crippen LogP contribution in [-0.2, 0) is 18.0 Å². The number of urea groups is 1. The molecule has 4 amide bonds. The molecule has 0 atom stereocenters. The van der Waals surface area contributed by atoms with Crippen LogP contribution in [0.25, 0.3) is 11.3 Å². The summed E-state index contributed by atoms with van der Waals surface area (Å²) >= 11 is 6.45. The van der Waals surface area contributed by atoms with Crippen LogP contribution in [0.2, 0.25) is 5.02 Å². The van der Waals surface area contributed by atoms with Crippen molar-refractivity contribution < 1.29 is 42.6 Å². The van der Waals surface area contributed by atoms with Gasteiger partial charge in [0.25, 0.3) is 18.3 Å². The summed E-state index contributed by atoms with van der Waals surface area (Å²) in [6, 6.07) is 4.02. The van der Waals surface area contributed by atoms with Gasteiger partial charge in [0.05, 0.1) is 39.7 Å². The Morgan fingerprint density at radius 3 is 2.36 bits per heavy atom. The second-order valence-electron chi connectivity index (χ2n) is 12.3. The van der Waals surface area contributed by atoms with E-state index in [1.807, 2.05) is 0 Å². The van der Waals surface area contributed by atoms with Gasteiger partial charge in [-0.15, -0.1) is 0 Å². The van der Waals surface area contributed by atoms with Gasteiger partial charge >= 0.3 is 12.2 Å². The SMILES string of the molecule is Cn1c(-c2cn(C3CC3)nc2C(F)(F)F)cnc1C(=O)Nc1ccc(C(=O)N2CCN(C(=O)NCC3(O)CCNCC3)CC2)c(Cl)c1.O=CO. The van der Waals surface area contributed by atoms with Crippen LogP contribution >= 0.6 is 11.6 Å². The molecular formula is C31H37ClF3N9O6. The maximum atomic E-state index is 13.8. The highest BCUT2D eigenvalue weighted by molar-refractivity contribution is 6.34. The molecule has 50 heavy (non-hydrogen) atoms. The minimum Gasteiger partial charge on any atom is -0.483 e. The third-order valence-electron chi connectivity index (χ3n) is 8.80. The third kappa shape index (κ3) is 8.36. The lowest BCUT2D eigenvalue weighted by atomic mass is 9.92. The zero-order chi connectivity index (χ0) is 36.2. The number of rotatable bonds is 7. The molecule has 5 N–H and O–H groups in total. The van der Waals surface area contributed by atoms with E-state index in [1.165, 1.54) is 46.9 Å². The van der Waals surface area contributed by atoms with Crippen LogP contribution in [-0.4, -0.2) is 115 Å². The number of halogens is 4. The monoisotopic (exact) mass is 723 g/mol. The van der Waals surface area contributed by atoms with E-state index >= 15 is 0 Å². The fraction of sp³-hybridized carbons (Fsp3) is 0.484. The van der Waals surface area contributed by atoms with Crippen LogP contribution in [0.15, 0.2) is 30.6 Å². The molecule has 1 aliphatic carbocycles. The average molecular weight is 724 g/mol. The molecule has 0 radical (unpaired) electrons. The second-order valence-corrected chi connectivity index (χ2v) is 12.7. The first kappa shape index (κ1) is 36.6. The Bertz CT molecular complexity index is 1730. The molecule has 3 aliphatic rings. The summed E-state index contributed by atoms with van der Waals surface area (Å²) in [7, 11) is 1.45. The number of carbonyl (C=O) groups excluding carboxylic acids is 3. The van der Waals surface area contributed by atoms with Crippen molar-refractivity contribution in [3.63, 3.8) is 0 Å². The highest BCUT2D eigenvalue weighted by Crippen LogP contribution is 2.41. The van der Waals surface area contributed by atoms with Gasteiger partial charge in [-0.3, -0.25) is 19.1 Å². The van der Waals surface area contributed by atoms with Crippen LogP contribution in [0, 0.1) is 0 Å².